The molecule has 0 fully saturated rings. The van der Waals surface area contributed by atoms with Gasteiger partial charge in [0.05, 0.1) is 13.2 Å². The average molecular weight is 757 g/mol. The fraction of sp³-hybridized carbons (Fsp3) is 0.955. The Bertz CT molecular complexity index is 813. The number of unbranched alkanes of at least 4 members (excludes halogenated alkanes) is 24. The first kappa shape index (κ1) is 51.0. The SMILES string of the molecule is CCCCCCCCCCCCCCCC(=O)OCC(CO)OC(COC(=O)CCCCCCCCCCCCCCC)CO[Si](C)(C)C(C)(C)C. The number of carbonyl (C=O) groups excluding carboxylic acids is 2. The van der Waals surface area contributed by atoms with Crippen LogP contribution in [0.3, 0.4) is 0 Å². The fourth-order valence-electron chi connectivity index (χ4n) is 6.14. The van der Waals surface area contributed by atoms with Gasteiger partial charge in [-0.15, -0.1) is 0 Å². The lowest BCUT2D eigenvalue weighted by atomic mass is 10.0. The molecule has 0 heterocycles. The Morgan fingerprint density at radius 3 is 1.12 bits per heavy atom. The number of carbonyl (C=O) groups is 2. The van der Waals surface area contributed by atoms with E-state index in [-0.39, 0.29) is 43.4 Å². The first-order valence-corrected chi connectivity index (χ1v) is 25.1. The third-order valence-corrected chi connectivity index (χ3v) is 15.4. The smallest absolute Gasteiger partial charge is 0.305 e. The van der Waals surface area contributed by atoms with Crippen LogP contribution in [0.25, 0.3) is 0 Å². The van der Waals surface area contributed by atoms with Crippen LogP contribution in [0.4, 0.5) is 0 Å². The van der Waals surface area contributed by atoms with Crippen molar-refractivity contribution in [1.29, 1.82) is 0 Å². The van der Waals surface area contributed by atoms with Gasteiger partial charge < -0.3 is 23.7 Å². The van der Waals surface area contributed by atoms with Crippen molar-refractivity contribution < 1.29 is 33.3 Å². The minimum absolute atomic E-state index is 0.0158. The van der Waals surface area contributed by atoms with Crippen molar-refractivity contribution >= 4 is 20.3 Å². The van der Waals surface area contributed by atoms with Crippen LogP contribution in [-0.4, -0.2) is 64.0 Å². The van der Waals surface area contributed by atoms with E-state index in [0.717, 1.165) is 38.5 Å². The summed E-state index contributed by atoms with van der Waals surface area (Å²) in [6.45, 7) is 15.4. The van der Waals surface area contributed by atoms with Crippen molar-refractivity contribution in [3.8, 4) is 0 Å². The zero-order valence-electron chi connectivity index (χ0n) is 35.7. The maximum absolute atomic E-state index is 12.6. The Labute approximate surface area is 324 Å². The number of aliphatic hydroxyl groups excluding tert-OH is 1. The van der Waals surface area contributed by atoms with Crippen molar-refractivity contribution in [2.45, 2.75) is 245 Å². The van der Waals surface area contributed by atoms with E-state index in [0.29, 0.717) is 12.8 Å². The molecule has 0 aliphatic rings. The van der Waals surface area contributed by atoms with Crippen molar-refractivity contribution in [3.05, 3.63) is 0 Å². The van der Waals surface area contributed by atoms with Gasteiger partial charge in [-0.05, 0) is 31.0 Å². The summed E-state index contributed by atoms with van der Waals surface area (Å²) in [5.74, 6) is -0.489. The normalized spacial score (nSPS) is 13.3. The highest BCUT2D eigenvalue weighted by molar-refractivity contribution is 6.74. The fourth-order valence-corrected chi connectivity index (χ4v) is 7.18. The molecule has 0 amide bonds. The van der Waals surface area contributed by atoms with E-state index in [1.807, 2.05) is 0 Å². The molecular formula is C44H88O7Si. The molecule has 0 saturated carbocycles. The van der Waals surface area contributed by atoms with Gasteiger partial charge in [0, 0.05) is 12.8 Å². The van der Waals surface area contributed by atoms with Crippen molar-refractivity contribution in [3.63, 3.8) is 0 Å². The molecule has 0 saturated heterocycles. The van der Waals surface area contributed by atoms with E-state index >= 15 is 0 Å². The predicted molar refractivity (Wildman–Crippen MR) is 221 cm³/mol. The van der Waals surface area contributed by atoms with E-state index < -0.39 is 20.5 Å². The second-order valence-corrected chi connectivity index (χ2v) is 21.8. The first-order valence-electron chi connectivity index (χ1n) is 22.2. The molecule has 310 valence electrons. The molecule has 0 aromatic rings. The molecule has 0 aromatic carbocycles. The lowest BCUT2D eigenvalue weighted by Gasteiger charge is -2.37. The lowest BCUT2D eigenvalue weighted by molar-refractivity contribution is -0.159. The number of hydrogen-bond donors (Lipinski definition) is 1. The maximum Gasteiger partial charge on any atom is 0.305 e. The molecule has 52 heavy (non-hydrogen) atoms. The lowest BCUT2D eigenvalue weighted by Crippen LogP contribution is -2.45. The average Bonchev–Trinajstić information content (AvgIpc) is 3.11. The second kappa shape index (κ2) is 34.5. The van der Waals surface area contributed by atoms with Gasteiger partial charge >= 0.3 is 11.9 Å². The summed E-state index contributed by atoms with van der Waals surface area (Å²) >= 11 is 0. The van der Waals surface area contributed by atoms with Crippen LogP contribution >= 0.6 is 0 Å². The van der Waals surface area contributed by atoms with E-state index in [9.17, 15) is 14.7 Å². The molecular weight excluding hydrogens is 669 g/mol. The third kappa shape index (κ3) is 31.4. The molecule has 2 atom stereocenters. The van der Waals surface area contributed by atoms with Crippen LogP contribution in [0.2, 0.25) is 18.1 Å². The molecule has 2 unspecified atom stereocenters. The van der Waals surface area contributed by atoms with Gasteiger partial charge in [0.15, 0.2) is 8.32 Å². The zero-order chi connectivity index (χ0) is 38.8. The molecule has 0 aromatic heterocycles. The van der Waals surface area contributed by atoms with Gasteiger partial charge in [-0.25, -0.2) is 0 Å². The summed E-state index contributed by atoms with van der Waals surface area (Å²) in [5, 5.41) is 10.1. The van der Waals surface area contributed by atoms with Crippen LogP contribution in [0.15, 0.2) is 0 Å². The number of hydrogen-bond acceptors (Lipinski definition) is 7. The largest absolute Gasteiger partial charge is 0.463 e. The summed E-state index contributed by atoms with van der Waals surface area (Å²) < 4.78 is 23.7. The van der Waals surface area contributed by atoms with Gasteiger partial charge in [-0.1, -0.05) is 189 Å². The molecule has 8 heteroatoms. The van der Waals surface area contributed by atoms with Crippen LogP contribution in [0, 0.1) is 0 Å². The molecule has 0 spiro atoms. The van der Waals surface area contributed by atoms with Crippen LogP contribution in [0.5, 0.6) is 0 Å². The Balaban J connectivity index is 4.39. The Morgan fingerprint density at radius 2 is 0.808 bits per heavy atom. The van der Waals surface area contributed by atoms with Crippen molar-refractivity contribution in [1.82, 2.24) is 0 Å². The Morgan fingerprint density at radius 1 is 0.500 bits per heavy atom. The number of ether oxygens (including phenoxy) is 3. The Kier molecular flexibility index (Phi) is 33.9. The van der Waals surface area contributed by atoms with Crippen LogP contribution in [-0.2, 0) is 28.2 Å². The highest BCUT2D eigenvalue weighted by atomic mass is 28.4. The van der Waals surface area contributed by atoms with Gasteiger partial charge in [0.1, 0.15) is 25.4 Å². The minimum Gasteiger partial charge on any atom is -0.463 e. The molecule has 0 radical (unpaired) electrons. The minimum atomic E-state index is -2.08. The first-order chi connectivity index (χ1) is 25.0. The maximum atomic E-state index is 12.6. The van der Waals surface area contributed by atoms with Crippen molar-refractivity contribution in [2.75, 3.05) is 26.4 Å². The highest BCUT2D eigenvalue weighted by Crippen LogP contribution is 2.36. The Hall–Kier alpha value is -0.963. The molecule has 0 aliphatic carbocycles. The van der Waals surface area contributed by atoms with Gasteiger partial charge in [-0.2, -0.15) is 0 Å². The molecule has 1 N–H and O–H groups in total. The quantitative estimate of drug-likeness (QED) is 0.0381. The summed E-state index contributed by atoms with van der Waals surface area (Å²) in [7, 11) is -2.08. The molecule has 0 bridgehead atoms. The summed E-state index contributed by atoms with van der Waals surface area (Å²) in [6, 6.07) is 0. The van der Waals surface area contributed by atoms with Crippen LogP contribution in [0.1, 0.15) is 214 Å². The summed E-state index contributed by atoms with van der Waals surface area (Å²) in [6.07, 6.45) is 32.3. The van der Waals surface area contributed by atoms with Gasteiger partial charge in [0.25, 0.3) is 0 Å². The highest BCUT2D eigenvalue weighted by Gasteiger charge is 2.38. The van der Waals surface area contributed by atoms with E-state index in [2.05, 4.69) is 47.7 Å². The van der Waals surface area contributed by atoms with Crippen molar-refractivity contribution in [2.24, 2.45) is 0 Å². The van der Waals surface area contributed by atoms with Gasteiger partial charge in [-0.3, -0.25) is 9.59 Å². The van der Waals surface area contributed by atoms with Crippen LogP contribution < -0.4 is 0 Å². The zero-order valence-corrected chi connectivity index (χ0v) is 36.7. The topological polar surface area (TPSA) is 91.3 Å². The summed E-state index contributed by atoms with van der Waals surface area (Å²) in [4.78, 5) is 25.1. The standard InChI is InChI=1S/C44H88O7Si/c1-8-10-12-14-16-18-20-22-24-26-28-30-32-34-42(46)48-37-40(36-45)51-41(39-50-52(6,7)44(3,4)5)38-49-43(47)35-33-31-29-27-25-23-21-19-17-15-13-11-9-2/h40-41,45H,8-39H2,1-7H3. The predicted octanol–water partition coefficient (Wildman–Crippen LogP) is 12.8. The monoisotopic (exact) mass is 757 g/mol. The second-order valence-electron chi connectivity index (χ2n) is 17.0. The number of aliphatic hydroxyl groups is 1. The van der Waals surface area contributed by atoms with E-state index in [1.165, 1.54) is 128 Å². The third-order valence-electron chi connectivity index (χ3n) is 10.9. The number of esters is 2. The molecule has 0 aliphatic heterocycles. The van der Waals surface area contributed by atoms with Gasteiger partial charge in [0.2, 0.25) is 0 Å². The summed E-state index contributed by atoms with van der Waals surface area (Å²) in [5.41, 5.74) is 0. The van der Waals surface area contributed by atoms with E-state index in [1.54, 1.807) is 0 Å². The molecule has 0 rings (SSSR count). The number of rotatable bonds is 38. The van der Waals surface area contributed by atoms with E-state index in [4.69, 9.17) is 18.6 Å². The molecule has 7 nitrogen and oxygen atoms in total.